The Hall–Kier alpha value is -0.430. The fraction of sp³-hybridized carbons (Fsp3) is 0.538. The highest BCUT2D eigenvalue weighted by Crippen LogP contribution is 2.37. The number of hydrogen-bond donors (Lipinski definition) is 1. The summed E-state index contributed by atoms with van der Waals surface area (Å²) in [4.78, 5) is 0. The second kappa shape index (κ2) is 5.45. The number of hydrogen-bond acceptors (Lipinski definition) is 1. The van der Waals surface area contributed by atoms with E-state index < -0.39 is 0 Å². The quantitative estimate of drug-likeness (QED) is 0.681. The van der Waals surface area contributed by atoms with E-state index in [-0.39, 0.29) is 4.75 Å². The van der Waals surface area contributed by atoms with E-state index >= 15 is 0 Å². The smallest absolute Gasteiger partial charge is 0.0378 e. The van der Waals surface area contributed by atoms with Gasteiger partial charge in [-0.3, -0.25) is 0 Å². The van der Waals surface area contributed by atoms with Crippen LogP contribution in [0.2, 0.25) is 0 Å². The Bertz CT molecular complexity index is 247. The van der Waals surface area contributed by atoms with Crippen molar-refractivity contribution in [3.63, 3.8) is 0 Å². The molecule has 1 heteroatoms. The van der Waals surface area contributed by atoms with Gasteiger partial charge in [-0.2, -0.15) is 12.6 Å². The van der Waals surface area contributed by atoms with Gasteiger partial charge in [-0.1, -0.05) is 57.0 Å². The summed E-state index contributed by atoms with van der Waals surface area (Å²) >= 11 is 4.87. The molecule has 0 spiro atoms. The molecule has 0 bridgehead atoms. The predicted molar refractivity (Wildman–Crippen MR) is 66.9 cm³/mol. The molecule has 0 radical (unpaired) electrons. The highest BCUT2D eigenvalue weighted by atomic mass is 32.1. The molecular weight excluding hydrogens is 188 g/mol. The molecule has 0 N–H and O–H groups in total. The Balaban J connectivity index is 2.87. The fourth-order valence-electron chi connectivity index (χ4n) is 1.99. The molecule has 0 aliphatic rings. The van der Waals surface area contributed by atoms with Crippen LogP contribution in [0, 0.1) is 0 Å². The van der Waals surface area contributed by atoms with Gasteiger partial charge in [-0.05, 0) is 18.4 Å². The molecular formula is C13H20S. The summed E-state index contributed by atoms with van der Waals surface area (Å²) in [5.41, 5.74) is 1.37. The van der Waals surface area contributed by atoms with Gasteiger partial charge in [0.25, 0.3) is 0 Å². The molecule has 0 saturated carbocycles. The molecule has 0 fully saturated rings. The third-order valence-corrected chi connectivity index (χ3v) is 3.34. The average Bonchev–Trinajstić information content (AvgIpc) is 2.20. The fourth-order valence-corrected chi connectivity index (χ4v) is 2.59. The van der Waals surface area contributed by atoms with Crippen LogP contribution in [0.4, 0.5) is 0 Å². The van der Waals surface area contributed by atoms with Gasteiger partial charge in [-0.25, -0.2) is 0 Å². The molecule has 1 aromatic rings. The summed E-state index contributed by atoms with van der Waals surface area (Å²) in [5.74, 6) is 0. The molecule has 0 aliphatic carbocycles. The van der Waals surface area contributed by atoms with E-state index in [0.717, 1.165) is 12.8 Å². The average molecular weight is 208 g/mol. The Kier molecular flexibility index (Phi) is 4.53. The second-order valence-corrected chi connectivity index (χ2v) is 4.75. The summed E-state index contributed by atoms with van der Waals surface area (Å²) < 4.78 is 0.0881. The van der Waals surface area contributed by atoms with Crippen molar-refractivity contribution in [2.45, 2.75) is 44.3 Å². The van der Waals surface area contributed by atoms with E-state index in [1.807, 2.05) is 0 Å². The Morgan fingerprint density at radius 3 is 1.93 bits per heavy atom. The van der Waals surface area contributed by atoms with Crippen LogP contribution in [0.3, 0.4) is 0 Å². The lowest BCUT2D eigenvalue weighted by molar-refractivity contribution is 0.514. The van der Waals surface area contributed by atoms with Gasteiger partial charge in [0.1, 0.15) is 0 Å². The molecule has 0 unspecified atom stereocenters. The highest BCUT2D eigenvalue weighted by molar-refractivity contribution is 7.81. The normalized spacial score (nSPS) is 11.6. The third kappa shape index (κ3) is 2.78. The van der Waals surface area contributed by atoms with E-state index in [0.29, 0.717) is 0 Å². The molecule has 1 aromatic carbocycles. The Morgan fingerprint density at radius 2 is 1.50 bits per heavy atom. The van der Waals surface area contributed by atoms with Gasteiger partial charge >= 0.3 is 0 Å². The summed E-state index contributed by atoms with van der Waals surface area (Å²) in [6.45, 7) is 4.45. The van der Waals surface area contributed by atoms with Gasteiger partial charge in [0.05, 0.1) is 0 Å². The summed E-state index contributed by atoms with van der Waals surface area (Å²) in [6, 6.07) is 10.7. The van der Waals surface area contributed by atoms with Gasteiger partial charge in [0.15, 0.2) is 0 Å². The first-order valence-electron chi connectivity index (χ1n) is 5.51. The SMILES string of the molecule is CCCC(S)(CCC)c1ccccc1. The molecule has 0 nitrogen and oxygen atoms in total. The van der Waals surface area contributed by atoms with Gasteiger partial charge in [-0.15, -0.1) is 0 Å². The van der Waals surface area contributed by atoms with Crippen molar-refractivity contribution in [1.82, 2.24) is 0 Å². The van der Waals surface area contributed by atoms with E-state index in [9.17, 15) is 0 Å². The zero-order valence-electron chi connectivity index (χ0n) is 9.16. The van der Waals surface area contributed by atoms with Crippen molar-refractivity contribution in [2.75, 3.05) is 0 Å². The zero-order chi connectivity index (χ0) is 10.4. The highest BCUT2D eigenvalue weighted by Gasteiger charge is 2.25. The molecule has 14 heavy (non-hydrogen) atoms. The monoisotopic (exact) mass is 208 g/mol. The first-order valence-corrected chi connectivity index (χ1v) is 5.95. The lowest BCUT2D eigenvalue weighted by Gasteiger charge is -2.28. The number of benzene rings is 1. The van der Waals surface area contributed by atoms with Crippen molar-refractivity contribution in [3.8, 4) is 0 Å². The second-order valence-electron chi connectivity index (χ2n) is 3.90. The molecule has 0 amide bonds. The third-order valence-electron chi connectivity index (χ3n) is 2.64. The minimum atomic E-state index is 0.0881. The molecule has 0 aliphatic heterocycles. The van der Waals surface area contributed by atoms with E-state index in [1.165, 1.54) is 18.4 Å². The van der Waals surface area contributed by atoms with Crippen LogP contribution in [-0.2, 0) is 4.75 Å². The van der Waals surface area contributed by atoms with Gasteiger partial charge in [0, 0.05) is 4.75 Å². The zero-order valence-corrected chi connectivity index (χ0v) is 10.1. The molecule has 0 saturated heterocycles. The van der Waals surface area contributed by atoms with Crippen molar-refractivity contribution in [3.05, 3.63) is 35.9 Å². The van der Waals surface area contributed by atoms with E-state index in [2.05, 4.69) is 44.2 Å². The van der Waals surface area contributed by atoms with Crippen LogP contribution < -0.4 is 0 Å². The Labute approximate surface area is 93.1 Å². The Morgan fingerprint density at radius 1 is 1.00 bits per heavy atom. The van der Waals surface area contributed by atoms with Crippen molar-refractivity contribution in [2.24, 2.45) is 0 Å². The van der Waals surface area contributed by atoms with Crippen LogP contribution in [-0.4, -0.2) is 0 Å². The topological polar surface area (TPSA) is 0 Å². The minimum absolute atomic E-state index is 0.0881. The van der Waals surface area contributed by atoms with E-state index in [4.69, 9.17) is 12.6 Å². The van der Waals surface area contributed by atoms with Crippen LogP contribution in [0.1, 0.15) is 45.1 Å². The molecule has 0 aromatic heterocycles. The summed E-state index contributed by atoms with van der Waals surface area (Å²) in [7, 11) is 0. The van der Waals surface area contributed by atoms with Crippen molar-refractivity contribution < 1.29 is 0 Å². The molecule has 78 valence electrons. The summed E-state index contributed by atoms with van der Waals surface area (Å²) in [6.07, 6.45) is 4.71. The van der Waals surface area contributed by atoms with Crippen molar-refractivity contribution in [1.29, 1.82) is 0 Å². The molecule has 1 rings (SSSR count). The first-order chi connectivity index (χ1) is 6.73. The van der Waals surface area contributed by atoms with Gasteiger partial charge < -0.3 is 0 Å². The lowest BCUT2D eigenvalue weighted by Crippen LogP contribution is -2.18. The molecule has 0 heterocycles. The maximum absolute atomic E-state index is 4.87. The molecule has 0 atom stereocenters. The standard InChI is InChI=1S/C13H20S/c1-3-10-13(14,11-4-2)12-8-6-5-7-9-12/h5-9,14H,3-4,10-11H2,1-2H3. The minimum Gasteiger partial charge on any atom is -0.168 e. The maximum atomic E-state index is 4.87. The van der Waals surface area contributed by atoms with Crippen LogP contribution in [0.25, 0.3) is 0 Å². The number of rotatable bonds is 5. The first kappa shape index (κ1) is 11.6. The van der Waals surface area contributed by atoms with Crippen LogP contribution >= 0.6 is 12.6 Å². The maximum Gasteiger partial charge on any atom is 0.0378 e. The van der Waals surface area contributed by atoms with Crippen LogP contribution in [0.5, 0.6) is 0 Å². The van der Waals surface area contributed by atoms with E-state index in [1.54, 1.807) is 0 Å². The van der Waals surface area contributed by atoms with Crippen LogP contribution in [0.15, 0.2) is 30.3 Å². The van der Waals surface area contributed by atoms with Gasteiger partial charge in [0.2, 0.25) is 0 Å². The summed E-state index contributed by atoms with van der Waals surface area (Å²) in [5, 5.41) is 0. The number of thiol groups is 1. The predicted octanol–water partition coefficient (Wildman–Crippen LogP) is 4.41. The largest absolute Gasteiger partial charge is 0.168 e. The lowest BCUT2D eigenvalue weighted by atomic mass is 9.89. The van der Waals surface area contributed by atoms with Crippen molar-refractivity contribution >= 4 is 12.6 Å².